The smallest absolute Gasteiger partial charge is 0.151 e. The number of nitrogens with one attached hydrogen (secondary N) is 1. The van der Waals surface area contributed by atoms with E-state index in [0.717, 1.165) is 58.5 Å². The molecule has 6 nitrogen and oxygen atoms in total. The van der Waals surface area contributed by atoms with Crippen molar-refractivity contribution < 1.29 is 19.0 Å². The fourth-order valence-corrected chi connectivity index (χ4v) is 4.91. The zero-order valence-corrected chi connectivity index (χ0v) is 21.3. The summed E-state index contributed by atoms with van der Waals surface area (Å²) in [5.41, 5.74) is 5.20. The lowest BCUT2D eigenvalue weighted by Crippen LogP contribution is -2.14. The number of oxime groups is 1. The summed E-state index contributed by atoms with van der Waals surface area (Å²) >= 11 is 1.98. The van der Waals surface area contributed by atoms with E-state index in [0.29, 0.717) is 18.5 Å². The Morgan fingerprint density at radius 1 is 0.943 bits per heavy atom. The van der Waals surface area contributed by atoms with E-state index in [1.54, 1.807) is 14.2 Å². The topological polar surface area (TPSA) is 61.3 Å². The number of rotatable bonds is 11. The molecule has 35 heavy (non-hydrogen) atoms. The predicted octanol–water partition coefficient (Wildman–Crippen LogP) is 5.40. The first-order chi connectivity index (χ1) is 17.2. The van der Waals surface area contributed by atoms with Gasteiger partial charge in [-0.15, -0.1) is 11.8 Å². The van der Waals surface area contributed by atoms with Gasteiger partial charge in [0.2, 0.25) is 0 Å². The Labute approximate surface area is 211 Å². The van der Waals surface area contributed by atoms with Gasteiger partial charge in [-0.05, 0) is 54.3 Å². The molecule has 184 valence electrons. The maximum Gasteiger partial charge on any atom is 0.151 e. The van der Waals surface area contributed by atoms with E-state index in [-0.39, 0.29) is 0 Å². The summed E-state index contributed by atoms with van der Waals surface area (Å²) in [4.78, 5) is 5.48. The molecule has 0 bridgehead atoms. The Morgan fingerprint density at radius 3 is 2.40 bits per heavy atom. The highest BCUT2D eigenvalue weighted by Crippen LogP contribution is 2.33. The highest BCUT2D eigenvalue weighted by atomic mass is 32.2. The maximum absolute atomic E-state index is 5.79. The molecule has 1 heterocycles. The molecule has 0 aliphatic carbocycles. The third kappa shape index (κ3) is 6.93. The maximum atomic E-state index is 5.79. The Hall–Kier alpha value is -3.16. The van der Waals surface area contributed by atoms with Crippen LogP contribution in [0.5, 0.6) is 17.2 Å². The van der Waals surface area contributed by atoms with Gasteiger partial charge in [-0.2, -0.15) is 0 Å². The summed E-state index contributed by atoms with van der Waals surface area (Å²) in [6.07, 6.45) is 1.09. The normalized spacial score (nSPS) is 15.6. The minimum Gasteiger partial charge on any atom is -0.497 e. The number of benzene rings is 3. The lowest BCUT2D eigenvalue weighted by atomic mass is 10.0. The number of nitrogens with zero attached hydrogens (tertiary/aromatic N) is 1. The van der Waals surface area contributed by atoms with Gasteiger partial charge < -0.3 is 24.4 Å². The van der Waals surface area contributed by atoms with Crippen LogP contribution < -0.4 is 19.5 Å². The van der Waals surface area contributed by atoms with Crippen molar-refractivity contribution in [2.75, 3.05) is 39.9 Å². The Bertz CT molecular complexity index is 1110. The van der Waals surface area contributed by atoms with Crippen LogP contribution in [0.3, 0.4) is 0 Å². The van der Waals surface area contributed by atoms with E-state index < -0.39 is 0 Å². The first-order valence-corrected chi connectivity index (χ1v) is 12.7. The van der Waals surface area contributed by atoms with Gasteiger partial charge in [-0.25, -0.2) is 0 Å². The Balaban J connectivity index is 1.24. The number of hydrogen-bond acceptors (Lipinski definition) is 7. The third-order valence-electron chi connectivity index (χ3n) is 5.85. The van der Waals surface area contributed by atoms with Gasteiger partial charge in [0.25, 0.3) is 0 Å². The second-order valence-electron chi connectivity index (χ2n) is 8.24. The first kappa shape index (κ1) is 24.9. The molecule has 1 aliphatic heterocycles. The van der Waals surface area contributed by atoms with Gasteiger partial charge in [0.15, 0.2) is 6.61 Å². The summed E-state index contributed by atoms with van der Waals surface area (Å²) in [6, 6.07) is 22.3. The van der Waals surface area contributed by atoms with Crippen LogP contribution in [0.2, 0.25) is 0 Å². The predicted molar refractivity (Wildman–Crippen MR) is 143 cm³/mol. The van der Waals surface area contributed by atoms with Crippen LogP contribution in [-0.4, -0.2) is 50.8 Å². The van der Waals surface area contributed by atoms with E-state index in [4.69, 9.17) is 19.0 Å². The van der Waals surface area contributed by atoms with Crippen molar-refractivity contribution in [3.8, 4) is 28.4 Å². The SMILES string of the molecule is COc1ccc(-c2ccc(C(C)=NOCCOc3ccc(CC4CNCS4)cc3)cc2)c(OC)c1. The Morgan fingerprint density at radius 2 is 1.71 bits per heavy atom. The molecule has 1 atom stereocenters. The number of thioether (sulfide) groups is 1. The number of hydrogen-bond donors (Lipinski definition) is 1. The standard InChI is InChI=1S/C28H32N2O4S/c1-20(22-6-8-23(9-7-22)27-13-12-25(31-2)17-28(27)32-3)30-34-15-14-33-24-10-4-21(5-11-24)16-26-18-29-19-35-26/h4-13,17,26,29H,14-16,18-19H2,1-3H3. The molecule has 0 saturated carbocycles. The van der Waals surface area contributed by atoms with Crippen LogP contribution in [0, 0.1) is 0 Å². The molecule has 1 aliphatic rings. The van der Waals surface area contributed by atoms with Crippen LogP contribution in [0.15, 0.2) is 71.9 Å². The van der Waals surface area contributed by atoms with E-state index in [1.165, 1.54) is 5.56 Å². The summed E-state index contributed by atoms with van der Waals surface area (Å²) in [5.74, 6) is 3.43. The summed E-state index contributed by atoms with van der Waals surface area (Å²) < 4.78 is 16.6. The van der Waals surface area contributed by atoms with Crippen molar-refractivity contribution in [1.82, 2.24) is 5.32 Å². The molecule has 1 saturated heterocycles. The van der Waals surface area contributed by atoms with E-state index in [2.05, 4.69) is 22.6 Å². The van der Waals surface area contributed by atoms with Crippen LogP contribution in [0.25, 0.3) is 11.1 Å². The zero-order valence-electron chi connectivity index (χ0n) is 20.5. The quantitative estimate of drug-likeness (QED) is 0.220. The van der Waals surface area contributed by atoms with Gasteiger partial charge in [-0.3, -0.25) is 0 Å². The van der Waals surface area contributed by atoms with Gasteiger partial charge in [0.05, 0.1) is 19.9 Å². The van der Waals surface area contributed by atoms with Crippen molar-refractivity contribution in [2.24, 2.45) is 5.16 Å². The molecule has 4 rings (SSSR count). The van der Waals surface area contributed by atoms with Crippen LogP contribution in [-0.2, 0) is 11.3 Å². The molecule has 0 spiro atoms. The van der Waals surface area contributed by atoms with E-state index in [9.17, 15) is 0 Å². The summed E-state index contributed by atoms with van der Waals surface area (Å²) in [6.45, 7) is 3.84. The second kappa shape index (κ2) is 12.5. The van der Waals surface area contributed by atoms with Gasteiger partial charge >= 0.3 is 0 Å². The Kier molecular flexibility index (Phi) is 8.92. The summed E-state index contributed by atoms with van der Waals surface area (Å²) in [5, 5.41) is 8.29. The largest absolute Gasteiger partial charge is 0.497 e. The average Bonchev–Trinajstić information content (AvgIpc) is 3.42. The van der Waals surface area contributed by atoms with Crippen molar-refractivity contribution in [3.63, 3.8) is 0 Å². The zero-order chi connectivity index (χ0) is 24.5. The molecule has 1 unspecified atom stereocenters. The molecular formula is C28H32N2O4S. The molecule has 1 fully saturated rings. The van der Waals surface area contributed by atoms with Crippen molar-refractivity contribution >= 4 is 17.5 Å². The van der Waals surface area contributed by atoms with E-state index in [1.807, 2.05) is 73.3 Å². The molecule has 0 radical (unpaired) electrons. The molecular weight excluding hydrogens is 460 g/mol. The van der Waals surface area contributed by atoms with E-state index >= 15 is 0 Å². The highest BCUT2D eigenvalue weighted by Gasteiger charge is 2.15. The minimum absolute atomic E-state index is 0.380. The van der Waals surface area contributed by atoms with Crippen LogP contribution >= 0.6 is 11.8 Å². The molecule has 0 amide bonds. The number of ether oxygens (including phenoxy) is 3. The fourth-order valence-electron chi connectivity index (χ4n) is 3.89. The third-order valence-corrected chi connectivity index (χ3v) is 7.02. The number of methoxy groups -OCH3 is 2. The lowest BCUT2D eigenvalue weighted by molar-refractivity contribution is 0.107. The second-order valence-corrected chi connectivity index (χ2v) is 9.53. The average molecular weight is 493 g/mol. The van der Waals surface area contributed by atoms with Gasteiger partial charge in [0.1, 0.15) is 23.9 Å². The summed E-state index contributed by atoms with van der Waals surface area (Å²) in [7, 11) is 3.31. The van der Waals surface area contributed by atoms with Crippen LogP contribution in [0.4, 0.5) is 0 Å². The fraction of sp³-hybridized carbons (Fsp3) is 0.321. The molecule has 3 aromatic rings. The highest BCUT2D eigenvalue weighted by molar-refractivity contribution is 8.00. The lowest BCUT2D eigenvalue weighted by Gasteiger charge is -2.11. The van der Waals surface area contributed by atoms with Gasteiger partial charge in [0, 0.05) is 29.3 Å². The molecule has 3 aromatic carbocycles. The minimum atomic E-state index is 0.380. The van der Waals surface area contributed by atoms with Crippen molar-refractivity contribution in [3.05, 3.63) is 77.9 Å². The molecule has 0 aromatic heterocycles. The van der Waals surface area contributed by atoms with Crippen molar-refractivity contribution in [1.29, 1.82) is 0 Å². The first-order valence-electron chi connectivity index (χ1n) is 11.7. The van der Waals surface area contributed by atoms with Crippen LogP contribution in [0.1, 0.15) is 18.1 Å². The van der Waals surface area contributed by atoms with Gasteiger partial charge in [-0.1, -0.05) is 41.6 Å². The molecule has 7 heteroatoms. The molecule has 1 N–H and O–H groups in total. The monoisotopic (exact) mass is 492 g/mol. The van der Waals surface area contributed by atoms with Crippen molar-refractivity contribution in [2.45, 2.75) is 18.6 Å².